The van der Waals surface area contributed by atoms with E-state index in [0.29, 0.717) is 58.8 Å². The van der Waals surface area contributed by atoms with Crippen LogP contribution in [-0.4, -0.2) is 37.1 Å². The highest BCUT2D eigenvalue weighted by Crippen LogP contribution is 2.39. The number of nitrogens with one attached hydrogen (secondary N) is 2. The van der Waals surface area contributed by atoms with Crippen LogP contribution in [0.5, 0.6) is 0 Å². The van der Waals surface area contributed by atoms with Crippen molar-refractivity contribution in [2.75, 3.05) is 10.6 Å². The number of anilines is 3. The molecule has 0 radical (unpaired) electrons. The number of nitrogens with zero attached hydrogens (tertiary/aromatic N) is 4. The van der Waals surface area contributed by atoms with E-state index < -0.39 is 17.8 Å². The van der Waals surface area contributed by atoms with Gasteiger partial charge in [-0.2, -0.15) is 0 Å². The molecule has 35 heavy (non-hydrogen) atoms. The fraction of sp³-hybridized carbons (Fsp3) is 0.440. The van der Waals surface area contributed by atoms with Crippen molar-refractivity contribution in [2.24, 2.45) is 11.8 Å². The van der Waals surface area contributed by atoms with E-state index in [-0.39, 0.29) is 5.91 Å². The summed E-state index contributed by atoms with van der Waals surface area (Å²) in [5, 5.41) is 19.7. The lowest BCUT2D eigenvalue weighted by Crippen LogP contribution is -2.36. The third-order valence-electron chi connectivity index (χ3n) is 6.76. The molecule has 0 spiro atoms. The number of aromatic nitrogens is 4. The van der Waals surface area contributed by atoms with Gasteiger partial charge in [-0.1, -0.05) is 18.0 Å². The van der Waals surface area contributed by atoms with E-state index in [2.05, 4.69) is 30.7 Å². The Kier molecular flexibility index (Phi) is 6.19. The van der Waals surface area contributed by atoms with Crippen LogP contribution in [0.15, 0.2) is 29.0 Å². The van der Waals surface area contributed by atoms with Crippen LogP contribution >= 0.6 is 0 Å². The Morgan fingerprint density at radius 2 is 1.77 bits per heavy atom. The van der Waals surface area contributed by atoms with Crippen LogP contribution in [0.25, 0.3) is 11.5 Å². The molecule has 3 aromatic heterocycles. The average Bonchev–Trinajstić information content (AvgIpc) is 3.65. The molecule has 2 saturated carbocycles. The number of hydrogen-bond acceptors (Lipinski definition) is 8. The largest absolute Gasteiger partial charge is 0.481 e. The Morgan fingerprint density at radius 1 is 1.00 bits per heavy atom. The molecule has 0 bridgehead atoms. The van der Waals surface area contributed by atoms with Crippen LogP contribution in [-0.2, 0) is 9.59 Å². The predicted octanol–water partition coefficient (Wildman–Crippen LogP) is 4.59. The van der Waals surface area contributed by atoms with Crippen LogP contribution in [0.2, 0.25) is 0 Å². The molecule has 1 amide bonds. The molecule has 10 nitrogen and oxygen atoms in total. The summed E-state index contributed by atoms with van der Waals surface area (Å²) in [6.07, 6.45) is 8.52. The first-order valence-electron chi connectivity index (χ1n) is 12.0. The van der Waals surface area contributed by atoms with Gasteiger partial charge in [0.1, 0.15) is 22.9 Å². The third kappa shape index (κ3) is 4.87. The Bertz CT molecular complexity index is 1270. The van der Waals surface area contributed by atoms with E-state index in [4.69, 9.17) is 4.52 Å². The minimum Gasteiger partial charge on any atom is -0.481 e. The standard InChI is InChI=1S/C25H28N6O4/c1-13-18(29-24(32)16-5-3-4-6-17(16)25(33)34)9-10-19(27-13)23-22(14(2)31-35-23)30-21-12-26-11-20(28-21)15-7-8-15/h9-12,15-17H,3-8H2,1-2H3,(H,28,30)(H,29,32)(H,33,34). The van der Waals surface area contributed by atoms with Gasteiger partial charge in [0.25, 0.3) is 0 Å². The number of amides is 1. The monoisotopic (exact) mass is 476 g/mol. The number of aliphatic carboxylic acids is 1. The number of carbonyl (C=O) groups excluding carboxylic acids is 1. The highest BCUT2D eigenvalue weighted by atomic mass is 16.5. The predicted molar refractivity (Wildman–Crippen MR) is 128 cm³/mol. The molecule has 0 aliphatic heterocycles. The van der Waals surface area contributed by atoms with Crippen LogP contribution < -0.4 is 10.6 Å². The second kappa shape index (κ2) is 9.44. The minimum absolute atomic E-state index is 0.276. The zero-order valence-electron chi connectivity index (χ0n) is 19.7. The first kappa shape index (κ1) is 22.9. The zero-order valence-corrected chi connectivity index (χ0v) is 19.7. The van der Waals surface area contributed by atoms with Gasteiger partial charge in [-0.15, -0.1) is 0 Å². The van der Waals surface area contributed by atoms with Crippen LogP contribution in [0, 0.1) is 25.7 Å². The van der Waals surface area contributed by atoms with Crippen LogP contribution in [0.3, 0.4) is 0 Å². The summed E-state index contributed by atoms with van der Waals surface area (Å²) in [6.45, 7) is 3.62. The van der Waals surface area contributed by atoms with E-state index >= 15 is 0 Å². The Hall–Kier alpha value is -3.82. The molecule has 2 atom stereocenters. The fourth-order valence-corrected chi connectivity index (χ4v) is 4.62. The van der Waals surface area contributed by atoms with Crippen molar-refractivity contribution in [3.63, 3.8) is 0 Å². The molecule has 182 valence electrons. The fourth-order valence-electron chi connectivity index (χ4n) is 4.62. The second-order valence-corrected chi connectivity index (χ2v) is 9.35. The molecule has 2 aliphatic carbocycles. The lowest BCUT2D eigenvalue weighted by molar-refractivity contribution is -0.147. The Morgan fingerprint density at radius 3 is 2.49 bits per heavy atom. The highest BCUT2D eigenvalue weighted by Gasteiger charge is 2.36. The normalized spacial score (nSPS) is 19.8. The summed E-state index contributed by atoms with van der Waals surface area (Å²) in [7, 11) is 0. The molecule has 5 rings (SSSR count). The van der Waals surface area contributed by atoms with Crippen molar-refractivity contribution >= 4 is 29.1 Å². The summed E-state index contributed by atoms with van der Waals surface area (Å²) in [5.74, 6) is -0.823. The number of rotatable bonds is 7. The Labute approximate surface area is 202 Å². The first-order valence-corrected chi connectivity index (χ1v) is 12.0. The van der Waals surface area contributed by atoms with E-state index in [1.165, 1.54) is 0 Å². The summed E-state index contributed by atoms with van der Waals surface area (Å²) >= 11 is 0. The van der Waals surface area contributed by atoms with Gasteiger partial charge in [0, 0.05) is 12.1 Å². The van der Waals surface area contributed by atoms with E-state index in [1.807, 2.05) is 6.92 Å². The van der Waals surface area contributed by atoms with Crippen molar-refractivity contribution in [3.8, 4) is 11.5 Å². The van der Waals surface area contributed by atoms with E-state index in [0.717, 1.165) is 31.4 Å². The summed E-state index contributed by atoms with van der Waals surface area (Å²) < 4.78 is 5.58. The van der Waals surface area contributed by atoms with E-state index in [9.17, 15) is 14.7 Å². The van der Waals surface area contributed by atoms with Crippen LogP contribution in [0.1, 0.15) is 61.5 Å². The average molecular weight is 477 g/mol. The van der Waals surface area contributed by atoms with Crippen molar-refractivity contribution < 1.29 is 19.2 Å². The molecule has 10 heteroatoms. The molecule has 0 saturated heterocycles. The number of carboxylic acid groups (broad SMARTS) is 1. The maximum atomic E-state index is 12.9. The molecular weight excluding hydrogens is 448 g/mol. The Balaban J connectivity index is 1.35. The maximum absolute atomic E-state index is 12.9. The molecule has 3 heterocycles. The third-order valence-corrected chi connectivity index (χ3v) is 6.76. The van der Waals surface area contributed by atoms with Gasteiger partial charge in [0.05, 0.1) is 35.1 Å². The van der Waals surface area contributed by atoms with Gasteiger partial charge in [-0.05, 0) is 51.7 Å². The van der Waals surface area contributed by atoms with Gasteiger partial charge in [-0.3, -0.25) is 14.6 Å². The number of hydrogen-bond donors (Lipinski definition) is 3. The van der Waals surface area contributed by atoms with Gasteiger partial charge in [0.15, 0.2) is 0 Å². The second-order valence-electron chi connectivity index (χ2n) is 9.35. The lowest BCUT2D eigenvalue weighted by atomic mass is 9.78. The van der Waals surface area contributed by atoms with Crippen LogP contribution in [0.4, 0.5) is 17.2 Å². The SMILES string of the molecule is Cc1nc(-c2onc(C)c2Nc2cncc(C3CC3)n2)ccc1NC(=O)C1CCCCC1C(=O)O. The van der Waals surface area contributed by atoms with Crippen molar-refractivity contribution in [2.45, 2.75) is 58.3 Å². The van der Waals surface area contributed by atoms with Gasteiger partial charge in [-0.25, -0.2) is 9.97 Å². The molecule has 2 fully saturated rings. The number of pyridine rings is 1. The summed E-state index contributed by atoms with van der Waals surface area (Å²) in [5.41, 5.74) is 3.98. The molecule has 2 aliphatic rings. The zero-order chi connectivity index (χ0) is 24.5. The molecule has 2 unspecified atom stereocenters. The van der Waals surface area contributed by atoms with Gasteiger partial charge < -0.3 is 20.3 Å². The van der Waals surface area contributed by atoms with Crippen molar-refractivity contribution in [1.82, 2.24) is 20.1 Å². The van der Waals surface area contributed by atoms with Crippen molar-refractivity contribution in [3.05, 3.63) is 41.6 Å². The summed E-state index contributed by atoms with van der Waals surface area (Å²) in [6, 6.07) is 3.50. The minimum atomic E-state index is -0.914. The number of aryl methyl sites for hydroxylation is 2. The number of carboxylic acids is 1. The maximum Gasteiger partial charge on any atom is 0.307 e. The molecule has 3 N–H and O–H groups in total. The quantitative estimate of drug-likeness (QED) is 0.446. The number of carbonyl (C=O) groups is 2. The smallest absolute Gasteiger partial charge is 0.307 e. The lowest BCUT2D eigenvalue weighted by Gasteiger charge is -2.27. The van der Waals surface area contributed by atoms with E-state index in [1.54, 1.807) is 31.5 Å². The first-order chi connectivity index (χ1) is 16.9. The molecular formula is C25H28N6O4. The molecule has 3 aromatic rings. The van der Waals surface area contributed by atoms with Crippen molar-refractivity contribution in [1.29, 1.82) is 0 Å². The van der Waals surface area contributed by atoms with Gasteiger partial charge >= 0.3 is 5.97 Å². The molecule has 0 aromatic carbocycles. The highest BCUT2D eigenvalue weighted by molar-refractivity contribution is 5.95. The summed E-state index contributed by atoms with van der Waals surface area (Å²) in [4.78, 5) is 38.0. The van der Waals surface area contributed by atoms with Gasteiger partial charge in [0.2, 0.25) is 11.7 Å². The topological polar surface area (TPSA) is 143 Å².